The second-order valence-corrected chi connectivity index (χ2v) is 14.8. The molecule has 5 heteroatoms. The van der Waals surface area contributed by atoms with E-state index in [9.17, 15) is 10.2 Å². The van der Waals surface area contributed by atoms with E-state index < -0.39 is 0 Å². The quantitative estimate of drug-likeness (QED) is 0.341. The Kier molecular flexibility index (Phi) is 10.9. The Morgan fingerprint density at radius 3 is 1.50 bits per heavy atom. The van der Waals surface area contributed by atoms with Gasteiger partial charge in [0, 0.05) is 45.9 Å². The van der Waals surface area contributed by atoms with E-state index >= 15 is 0 Å². The van der Waals surface area contributed by atoms with E-state index in [2.05, 4.69) is 100 Å². The molecule has 1 radical (unpaired) electrons. The second kappa shape index (κ2) is 12.8. The van der Waals surface area contributed by atoms with Crippen LogP contribution in [0.4, 0.5) is 0 Å². The SMILES string of the molecule is CC(C)c1cc(C(C)(C)C)cc(C=N[C@@H]2CCCC[C@H]2N=Cc2cc(C(C)(C)C)cc(C(C)(C)C)c2O)c1O.[Co]. The third-order valence-corrected chi connectivity index (χ3v) is 7.97. The standard InChI is InChI=1S/C35H52N2O2.Co/c1-22(2)27-18-25(33(3,4)5)16-23(31(27)38)20-36-29-14-12-13-15-30(29)37-21-24-17-26(34(6,7)8)19-28(32(24)39)35(9,10)11;/h16-22,29-30,38-39H,12-15H2,1-11H3;/t29-,30-;/m1./s1. The van der Waals surface area contributed by atoms with Crippen molar-refractivity contribution >= 4 is 12.4 Å². The van der Waals surface area contributed by atoms with Crippen LogP contribution in [0.5, 0.6) is 11.5 Å². The number of hydrogen-bond donors (Lipinski definition) is 2. The number of aliphatic imine (C=N–C) groups is 2. The van der Waals surface area contributed by atoms with Crippen molar-refractivity contribution < 1.29 is 27.0 Å². The molecule has 2 aromatic rings. The predicted octanol–water partition coefficient (Wildman–Crippen LogP) is 8.96. The van der Waals surface area contributed by atoms with Gasteiger partial charge in [0.25, 0.3) is 0 Å². The molecule has 1 fully saturated rings. The fraction of sp³-hybridized carbons (Fsp3) is 0.600. The van der Waals surface area contributed by atoms with Gasteiger partial charge in [-0.2, -0.15) is 0 Å². The first-order chi connectivity index (χ1) is 17.9. The predicted molar refractivity (Wildman–Crippen MR) is 168 cm³/mol. The van der Waals surface area contributed by atoms with E-state index in [-0.39, 0.29) is 51.0 Å². The normalized spacial score (nSPS) is 19.0. The Labute approximate surface area is 254 Å². The molecule has 223 valence electrons. The van der Waals surface area contributed by atoms with Gasteiger partial charge in [0.15, 0.2) is 0 Å². The van der Waals surface area contributed by atoms with E-state index in [1.807, 2.05) is 12.4 Å². The number of benzene rings is 2. The van der Waals surface area contributed by atoms with Crippen LogP contribution < -0.4 is 0 Å². The number of phenols is 2. The van der Waals surface area contributed by atoms with Crippen molar-refractivity contribution in [1.82, 2.24) is 0 Å². The fourth-order valence-corrected chi connectivity index (χ4v) is 5.20. The summed E-state index contributed by atoms with van der Waals surface area (Å²) in [5, 5.41) is 22.3. The number of hydrogen-bond acceptors (Lipinski definition) is 4. The van der Waals surface area contributed by atoms with Gasteiger partial charge in [0.05, 0.1) is 12.1 Å². The summed E-state index contributed by atoms with van der Waals surface area (Å²) in [6, 6.07) is 8.53. The first-order valence-corrected chi connectivity index (χ1v) is 14.7. The van der Waals surface area contributed by atoms with Crippen LogP contribution in [-0.4, -0.2) is 34.7 Å². The smallest absolute Gasteiger partial charge is 0.128 e. The molecule has 40 heavy (non-hydrogen) atoms. The molecule has 3 rings (SSSR count). The van der Waals surface area contributed by atoms with Gasteiger partial charge in [-0.25, -0.2) is 0 Å². The van der Waals surface area contributed by atoms with Gasteiger partial charge in [0.2, 0.25) is 0 Å². The zero-order valence-corrected chi connectivity index (χ0v) is 27.7. The van der Waals surface area contributed by atoms with Crippen LogP contribution in [0.1, 0.15) is 141 Å². The maximum Gasteiger partial charge on any atom is 0.128 e. The van der Waals surface area contributed by atoms with Crippen LogP contribution in [-0.2, 0) is 33.0 Å². The Morgan fingerprint density at radius 2 is 1.10 bits per heavy atom. The molecule has 0 aromatic heterocycles. The maximum atomic E-state index is 11.2. The summed E-state index contributed by atoms with van der Waals surface area (Å²) in [6.07, 6.45) is 7.92. The van der Waals surface area contributed by atoms with Gasteiger partial charge in [-0.3, -0.25) is 9.98 Å². The molecule has 2 N–H and O–H groups in total. The summed E-state index contributed by atoms with van der Waals surface area (Å²) in [7, 11) is 0. The molecule has 0 amide bonds. The van der Waals surface area contributed by atoms with Crippen LogP contribution in [0.25, 0.3) is 0 Å². The molecule has 2 aromatic carbocycles. The summed E-state index contributed by atoms with van der Waals surface area (Å²) < 4.78 is 0. The molecule has 0 bridgehead atoms. The van der Waals surface area contributed by atoms with Crippen molar-refractivity contribution in [3.05, 3.63) is 57.6 Å². The molecule has 0 unspecified atom stereocenters. The summed E-state index contributed by atoms with van der Waals surface area (Å²) in [4.78, 5) is 10.0. The minimum Gasteiger partial charge on any atom is -0.507 e. The molecule has 1 aliphatic rings. The van der Waals surface area contributed by atoms with Crippen molar-refractivity contribution in [2.45, 2.75) is 136 Å². The molecule has 4 nitrogen and oxygen atoms in total. The van der Waals surface area contributed by atoms with Crippen LogP contribution in [0, 0.1) is 0 Å². The molecule has 0 saturated heterocycles. The first-order valence-electron chi connectivity index (χ1n) is 14.7. The zero-order valence-electron chi connectivity index (χ0n) is 26.6. The summed E-state index contributed by atoms with van der Waals surface area (Å²) >= 11 is 0. The van der Waals surface area contributed by atoms with Crippen LogP contribution in [0.15, 0.2) is 34.3 Å². The van der Waals surface area contributed by atoms with Crippen molar-refractivity contribution in [3.63, 3.8) is 0 Å². The molecular weight excluding hydrogens is 539 g/mol. The Balaban J connectivity index is 0.00000560. The van der Waals surface area contributed by atoms with Gasteiger partial charge in [-0.1, -0.05) is 101 Å². The number of nitrogens with zero attached hydrogens (tertiary/aromatic N) is 2. The molecule has 0 spiro atoms. The Morgan fingerprint density at radius 1 is 0.675 bits per heavy atom. The van der Waals surface area contributed by atoms with Gasteiger partial charge in [0.1, 0.15) is 11.5 Å². The Hall–Kier alpha value is -2.11. The molecule has 0 aliphatic heterocycles. The summed E-state index contributed by atoms with van der Waals surface area (Å²) in [6.45, 7) is 23.8. The minimum atomic E-state index is -0.177. The van der Waals surface area contributed by atoms with E-state index in [1.54, 1.807) is 0 Å². The maximum absolute atomic E-state index is 11.2. The molecular formula is C35H52CoN2O2. The third kappa shape index (κ3) is 8.22. The van der Waals surface area contributed by atoms with Gasteiger partial charge in [-0.05, 0) is 63.8 Å². The molecule has 1 aliphatic carbocycles. The largest absolute Gasteiger partial charge is 0.507 e. The number of phenolic OH excluding ortho intramolecular Hbond substituents is 2. The monoisotopic (exact) mass is 591 g/mol. The first kappa shape index (κ1) is 34.1. The zero-order chi connectivity index (χ0) is 29.3. The van der Waals surface area contributed by atoms with E-state index in [4.69, 9.17) is 9.98 Å². The molecule has 0 heterocycles. The van der Waals surface area contributed by atoms with Crippen molar-refractivity contribution in [2.24, 2.45) is 9.98 Å². The fourth-order valence-electron chi connectivity index (χ4n) is 5.20. The number of rotatable bonds is 5. The van der Waals surface area contributed by atoms with Crippen LogP contribution in [0.3, 0.4) is 0 Å². The van der Waals surface area contributed by atoms with Crippen molar-refractivity contribution in [1.29, 1.82) is 0 Å². The minimum absolute atomic E-state index is 0. The topological polar surface area (TPSA) is 65.2 Å². The van der Waals surface area contributed by atoms with Gasteiger partial charge < -0.3 is 10.2 Å². The van der Waals surface area contributed by atoms with Crippen molar-refractivity contribution in [3.8, 4) is 11.5 Å². The molecule has 1 saturated carbocycles. The second-order valence-electron chi connectivity index (χ2n) is 14.8. The van der Waals surface area contributed by atoms with Crippen LogP contribution >= 0.6 is 0 Å². The van der Waals surface area contributed by atoms with Gasteiger partial charge in [-0.15, -0.1) is 0 Å². The van der Waals surface area contributed by atoms with Crippen molar-refractivity contribution in [2.75, 3.05) is 0 Å². The van der Waals surface area contributed by atoms with E-state index in [1.165, 1.54) is 11.1 Å². The summed E-state index contributed by atoms with van der Waals surface area (Å²) in [5.41, 5.74) is 5.63. The van der Waals surface area contributed by atoms with E-state index in [0.29, 0.717) is 11.5 Å². The van der Waals surface area contributed by atoms with Crippen LogP contribution in [0.2, 0.25) is 0 Å². The Bertz CT molecular complexity index is 1220. The molecule has 2 atom stereocenters. The van der Waals surface area contributed by atoms with Gasteiger partial charge >= 0.3 is 0 Å². The third-order valence-electron chi connectivity index (χ3n) is 7.97. The summed E-state index contributed by atoms with van der Waals surface area (Å²) in [5.74, 6) is 0.873. The average Bonchev–Trinajstić information content (AvgIpc) is 2.80. The average molecular weight is 592 g/mol. The number of aromatic hydroxyl groups is 2. The van der Waals surface area contributed by atoms with E-state index in [0.717, 1.165) is 47.9 Å².